The first kappa shape index (κ1) is 12.6. The van der Waals surface area contributed by atoms with Crippen molar-refractivity contribution in [3.63, 3.8) is 0 Å². The Morgan fingerprint density at radius 3 is 2.29 bits per heavy atom. The third kappa shape index (κ3) is 5.25. The third-order valence-corrected chi connectivity index (χ3v) is 1.20. The van der Waals surface area contributed by atoms with Gasteiger partial charge in [0.1, 0.15) is 0 Å². The van der Waals surface area contributed by atoms with E-state index in [1.165, 1.54) is 0 Å². The summed E-state index contributed by atoms with van der Waals surface area (Å²) in [4.78, 5) is 20.9. The minimum atomic E-state index is -2.71. The molecule has 0 fully saturated rings. The molecular formula is C6H10F2N2O4. The molecule has 6 nitrogen and oxygen atoms in total. The number of carboxylic acids is 1. The largest absolute Gasteiger partial charge is 0.480 e. The average molecular weight is 212 g/mol. The minimum absolute atomic E-state index is 0.808. The molecule has 2 amide bonds. The molecule has 4 N–H and O–H groups in total. The van der Waals surface area contributed by atoms with Crippen molar-refractivity contribution in [3.8, 4) is 0 Å². The van der Waals surface area contributed by atoms with Gasteiger partial charge in [0.2, 0.25) is 0 Å². The Bertz CT molecular complexity index is 212. The summed E-state index contributed by atoms with van der Waals surface area (Å²) in [7, 11) is 0. The summed E-state index contributed by atoms with van der Waals surface area (Å²) in [5.41, 5.74) is 0. The molecule has 0 aromatic rings. The van der Waals surface area contributed by atoms with Crippen molar-refractivity contribution in [2.24, 2.45) is 0 Å². The number of carboxylic acid groups (broad SMARTS) is 1. The number of halogens is 2. The second-order valence-corrected chi connectivity index (χ2v) is 2.32. The topological polar surface area (TPSA) is 98.7 Å². The van der Waals surface area contributed by atoms with Gasteiger partial charge >= 0.3 is 12.0 Å². The lowest BCUT2D eigenvalue weighted by molar-refractivity contribution is -0.140. The molecule has 0 aliphatic heterocycles. The van der Waals surface area contributed by atoms with Gasteiger partial charge in [0.25, 0.3) is 6.43 Å². The predicted octanol–water partition coefficient (Wildman–Crippen LogP) is -1.00. The van der Waals surface area contributed by atoms with Crippen LogP contribution in [-0.2, 0) is 4.79 Å². The van der Waals surface area contributed by atoms with E-state index in [9.17, 15) is 18.4 Å². The van der Waals surface area contributed by atoms with E-state index in [0.29, 0.717) is 0 Å². The molecule has 0 aliphatic carbocycles. The minimum Gasteiger partial charge on any atom is -0.480 e. The number of aliphatic hydroxyl groups is 1. The number of aliphatic carboxylic acids is 1. The first-order valence-corrected chi connectivity index (χ1v) is 3.63. The zero-order valence-corrected chi connectivity index (χ0v) is 7.04. The number of alkyl halides is 2. The SMILES string of the molecule is O=C(NCC(F)F)N[C@@H](CO)C(=O)O. The maximum Gasteiger partial charge on any atom is 0.328 e. The van der Waals surface area contributed by atoms with Crippen molar-refractivity contribution < 1.29 is 28.6 Å². The Morgan fingerprint density at radius 2 is 1.93 bits per heavy atom. The van der Waals surface area contributed by atoms with Crippen LogP contribution in [-0.4, -0.2) is 47.8 Å². The molecule has 0 heterocycles. The molecular weight excluding hydrogens is 202 g/mol. The summed E-state index contributed by atoms with van der Waals surface area (Å²) in [5, 5.41) is 20.3. The number of nitrogens with one attached hydrogen (secondary N) is 2. The van der Waals surface area contributed by atoms with E-state index in [1.54, 1.807) is 10.6 Å². The number of carbonyl (C=O) groups excluding carboxylic acids is 1. The third-order valence-electron chi connectivity index (χ3n) is 1.20. The summed E-state index contributed by atoms with van der Waals surface area (Å²) in [6, 6.07) is -2.56. The van der Waals surface area contributed by atoms with Crippen molar-refractivity contribution in [2.75, 3.05) is 13.2 Å². The van der Waals surface area contributed by atoms with Gasteiger partial charge in [0.15, 0.2) is 6.04 Å². The van der Waals surface area contributed by atoms with Crippen molar-refractivity contribution in [3.05, 3.63) is 0 Å². The summed E-state index contributed by atoms with van der Waals surface area (Å²) in [5.74, 6) is -1.44. The molecule has 0 unspecified atom stereocenters. The quantitative estimate of drug-likeness (QED) is 0.469. The van der Waals surface area contributed by atoms with E-state index in [-0.39, 0.29) is 0 Å². The molecule has 0 spiro atoms. The van der Waals surface area contributed by atoms with Crippen molar-refractivity contribution in [1.29, 1.82) is 0 Å². The first-order chi connectivity index (χ1) is 6.47. The molecule has 0 saturated heterocycles. The van der Waals surface area contributed by atoms with Gasteiger partial charge < -0.3 is 20.8 Å². The van der Waals surface area contributed by atoms with Gasteiger partial charge in [-0.25, -0.2) is 18.4 Å². The van der Waals surface area contributed by atoms with E-state index in [0.717, 1.165) is 0 Å². The fourth-order valence-corrected chi connectivity index (χ4v) is 0.565. The van der Waals surface area contributed by atoms with Gasteiger partial charge in [-0.1, -0.05) is 0 Å². The second-order valence-electron chi connectivity index (χ2n) is 2.32. The van der Waals surface area contributed by atoms with Gasteiger partial charge in [0, 0.05) is 0 Å². The van der Waals surface area contributed by atoms with Gasteiger partial charge in [-0.05, 0) is 0 Å². The number of aliphatic hydroxyl groups excluding tert-OH is 1. The standard InChI is InChI=1S/C6H10F2N2O4/c7-4(8)1-9-6(14)10-3(2-11)5(12)13/h3-4,11H,1-2H2,(H,12,13)(H2,9,10,14)/t3-/m0/s1. The van der Waals surface area contributed by atoms with E-state index >= 15 is 0 Å². The average Bonchev–Trinajstić information content (AvgIpc) is 2.10. The summed E-state index contributed by atoms with van der Waals surface area (Å²) >= 11 is 0. The molecule has 1 atom stereocenters. The fourth-order valence-electron chi connectivity index (χ4n) is 0.565. The number of carbonyl (C=O) groups is 2. The highest BCUT2D eigenvalue weighted by Crippen LogP contribution is 1.88. The smallest absolute Gasteiger partial charge is 0.328 e. The number of amides is 2. The van der Waals surface area contributed by atoms with Crippen LogP contribution in [0, 0.1) is 0 Å². The molecule has 82 valence electrons. The Morgan fingerprint density at radius 1 is 1.36 bits per heavy atom. The zero-order valence-electron chi connectivity index (χ0n) is 7.04. The Hall–Kier alpha value is -1.44. The summed E-state index contributed by atoms with van der Waals surface area (Å²) in [6.45, 7) is -1.68. The number of rotatable bonds is 5. The van der Waals surface area contributed by atoms with Crippen LogP contribution < -0.4 is 10.6 Å². The lowest BCUT2D eigenvalue weighted by atomic mass is 10.3. The van der Waals surface area contributed by atoms with Crippen molar-refractivity contribution in [1.82, 2.24) is 10.6 Å². The van der Waals surface area contributed by atoms with Gasteiger partial charge in [-0.15, -0.1) is 0 Å². The predicted molar refractivity (Wildman–Crippen MR) is 41.0 cm³/mol. The molecule has 0 rings (SSSR count). The van der Waals surface area contributed by atoms with E-state index in [1.807, 2.05) is 0 Å². The zero-order chi connectivity index (χ0) is 11.1. The summed E-state index contributed by atoms with van der Waals surface area (Å²) < 4.78 is 23.1. The lowest BCUT2D eigenvalue weighted by Gasteiger charge is -2.12. The van der Waals surface area contributed by atoms with Crippen LogP contribution >= 0.6 is 0 Å². The number of hydrogen-bond donors (Lipinski definition) is 4. The maximum atomic E-state index is 11.6. The van der Waals surface area contributed by atoms with E-state index < -0.39 is 37.6 Å². The molecule has 14 heavy (non-hydrogen) atoms. The highest BCUT2D eigenvalue weighted by atomic mass is 19.3. The summed E-state index contributed by atoms with van der Waals surface area (Å²) in [6.07, 6.45) is -2.71. The monoisotopic (exact) mass is 212 g/mol. The Kier molecular flexibility index (Phi) is 5.46. The van der Waals surface area contributed by atoms with Crippen LogP contribution in [0.15, 0.2) is 0 Å². The van der Waals surface area contributed by atoms with Crippen LogP contribution in [0.5, 0.6) is 0 Å². The maximum absolute atomic E-state index is 11.6. The van der Waals surface area contributed by atoms with E-state index in [4.69, 9.17) is 10.2 Å². The van der Waals surface area contributed by atoms with Gasteiger partial charge in [-0.3, -0.25) is 0 Å². The van der Waals surface area contributed by atoms with Gasteiger partial charge in [0.05, 0.1) is 13.2 Å². The molecule has 0 bridgehead atoms. The molecule has 0 aromatic carbocycles. The van der Waals surface area contributed by atoms with Gasteiger partial charge in [-0.2, -0.15) is 0 Å². The molecule has 0 aromatic heterocycles. The highest BCUT2D eigenvalue weighted by molar-refractivity contribution is 5.82. The van der Waals surface area contributed by atoms with Crippen LogP contribution in [0.4, 0.5) is 13.6 Å². The van der Waals surface area contributed by atoms with Crippen LogP contribution in [0.3, 0.4) is 0 Å². The van der Waals surface area contributed by atoms with Crippen molar-refractivity contribution in [2.45, 2.75) is 12.5 Å². The molecule has 8 heteroatoms. The molecule has 0 radical (unpaired) electrons. The van der Waals surface area contributed by atoms with Crippen LogP contribution in [0.1, 0.15) is 0 Å². The highest BCUT2D eigenvalue weighted by Gasteiger charge is 2.18. The van der Waals surface area contributed by atoms with Crippen LogP contribution in [0.25, 0.3) is 0 Å². The Labute approximate surface area is 77.9 Å². The number of urea groups is 1. The normalized spacial score (nSPS) is 12.3. The molecule has 0 saturated carbocycles. The second kappa shape index (κ2) is 6.08. The van der Waals surface area contributed by atoms with Crippen LogP contribution in [0.2, 0.25) is 0 Å². The van der Waals surface area contributed by atoms with E-state index in [2.05, 4.69) is 0 Å². The Balaban J connectivity index is 3.85. The first-order valence-electron chi connectivity index (χ1n) is 3.63. The lowest BCUT2D eigenvalue weighted by Crippen LogP contribution is -2.48. The number of hydrogen-bond acceptors (Lipinski definition) is 3. The fraction of sp³-hybridized carbons (Fsp3) is 0.667. The van der Waals surface area contributed by atoms with Crippen molar-refractivity contribution >= 4 is 12.0 Å². The molecule has 0 aliphatic rings.